The topological polar surface area (TPSA) is 73.4 Å². The lowest BCUT2D eigenvalue weighted by Crippen LogP contribution is -2.15. The number of oxime groups is 1. The number of nitrogens with one attached hydrogen (secondary N) is 1. The second-order valence-corrected chi connectivity index (χ2v) is 10.8. The van der Waals surface area contributed by atoms with Crippen molar-refractivity contribution in [3.05, 3.63) is 52.3 Å². The Morgan fingerprint density at radius 2 is 1.97 bits per heavy atom. The second kappa shape index (κ2) is 8.22. The van der Waals surface area contributed by atoms with Crippen LogP contribution in [0.3, 0.4) is 0 Å². The summed E-state index contributed by atoms with van der Waals surface area (Å²) in [4.78, 5) is 18.8. The third-order valence-electron chi connectivity index (χ3n) is 7.43. The molecule has 1 aliphatic heterocycles. The summed E-state index contributed by atoms with van der Waals surface area (Å²) in [5.41, 5.74) is 10.8. The van der Waals surface area contributed by atoms with Gasteiger partial charge in [0.25, 0.3) is 5.91 Å². The summed E-state index contributed by atoms with van der Waals surface area (Å²) in [6.45, 7) is 11.8. The van der Waals surface area contributed by atoms with Gasteiger partial charge in [-0.2, -0.15) is 5.10 Å². The minimum absolute atomic E-state index is 0.0151. The SMILES string of the molecule is C/C(=N\OCC(C)C)c1ccc2c(c1)c1c3c(c4c(c1n2C(C)C)CCc1nn(C)cc1-4)C(=O)NC3. The van der Waals surface area contributed by atoms with Gasteiger partial charge >= 0.3 is 0 Å². The quantitative estimate of drug-likeness (QED) is 0.300. The summed E-state index contributed by atoms with van der Waals surface area (Å²) >= 11 is 0. The van der Waals surface area contributed by atoms with Crippen molar-refractivity contribution < 1.29 is 9.63 Å². The smallest absolute Gasteiger partial charge is 0.252 e. The summed E-state index contributed by atoms with van der Waals surface area (Å²) in [6, 6.07) is 6.82. The third kappa shape index (κ3) is 3.29. The number of aromatic nitrogens is 3. The molecule has 1 N–H and O–H groups in total. The van der Waals surface area contributed by atoms with E-state index in [1.807, 2.05) is 18.7 Å². The van der Waals surface area contributed by atoms with Crippen LogP contribution in [0.4, 0.5) is 0 Å². The molecule has 2 aromatic carbocycles. The highest BCUT2D eigenvalue weighted by molar-refractivity contribution is 6.20. The van der Waals surface area contributed by atoms with Gasteiger partial charge < -0.3 is 14.7 Å². The highest BCUT2D eigenvalue weighted by Crippen LogP contribution is 2.47. The van der Waals surface area contributed by atoms with Crippen LogP contribution in [0, 0.1) is 5.92 Å². The molecule has 0 spiro atoms. The zero-order valence-electron chi connectivity index (χ0n) is 21.9. The van der Waals surface area contributed by atoms with E-state index >= 15 is 0 Å². The molecule has 0 fully saturated rings. The molecule has 2 aromatic heterocycles. The molecule has 7 heteroatoms. The van der Waals surface area contributed by atoms with Crippen LogP contribution in [-0.4, -0.2) is 32.6 Å². The third-order valence-corrected chi connectivity index (χ3v) is 7.43. The van der Waals surface area contributed by atoms with E-state index in [-0.39, 0.29) is 11.9 Å². The van der Waals surface area contributed by atoms with E-state index in [1.54, 1.807) is 0 Å². The summed E-state index contributed by atoms with van der Waals surface area (Å²) in [6.07, 6.45) is 3.82. The molecule has 1 aliphatic carbocycles. The van der Waals surface area contributed by atoms with Gasteiger partial charge in [-0.1, -0.05) is 25.1 Å². The monoisotopic (exact) mass is 483 g/mol. The number of carbonyl (C=O) groups is 1. The lowest BCUT2D eigenvalue weighted by molar-refractivity contribution is 0.0966. The number of nitrogens with zero attached hydrogens (tertiary/aromatic N) is 4. The molecule has 36 heavy (non-hydrogen) atoms. The zero-order chi connectivity index (χ0) is 25.3. The van der Waals surface area contributed by atoms with E-state index in [9.17, 15) is 4.79 Å². The maximum atomic E-state index is 13.2. The standard InChI is InChI=1S/C29H33N5O2/c1-15(2)14-36-32-17(5)18-7-10-24-20(11-18)26-21-12-30-29(35)27(21)25-19(28(26)34(24)16(3)4)8-9-23-22(25)13-33(6)31-23/h7,10-11,13,15-16H,8-9,12,14H2,1-6H3,(H,30,35)/b32-17+. The fourth-order valence-electron chi connectivity index (χ4n) is 5.96. The lowest BCUT2D eigenvalue weighted by Gasteiger charge is -2.22. The Labute approximate surface area is 211 Å². The van der Waals surface area contributed by atoms with Crippen LogP contribution >= 0.6 is 0 Å². The van der Waals surface area contributed by atoms with Gasteiger partial charge in [-0.3, -0.25) is 9.48 Å². The van der Waals surface area contributed by atoms with Crippen LogP contribution in [0.2, 0.25) is 0 Å². The van der Waals surface area contributed by atoms with E-state index in [2.05, 4.69) is 67.1 Å². The molecule has 0 saturated heterocycles. The van der Waals surface area contributed by atoms with E-state index < -0.39 is 0 Å². The van der Waals surface area contributed by atoms with Crippen LogP contribution in [0.5, 0.6) is 0 Å². The van der Waals surface area contributed by atoms with Crippen LogP contribution in [0.15, 0.2) is 29.6 Å². The highest BCUT2D eigenvalue weighted by Gasteiger charge is 2.35. The molecule has 2 aliphatic rings. The molecule has 3 heterocycles. The molecule has 0 radical (unpaired) electrons. The molecular weight excluding hydrogens is 450 g/mol. The molecule has 0 bridgehead atoms. The molecule has 0 saturated carbocycles. The first kappa shape index (κ1) is 22.8. The van der Waals surface area contributed by atoms with Crippen molar-refractivity contribution >= 4 is 33.4 Å². The van der Waals surface area contributed by atoms with E-state index in [1.165, 1.54) is 27.4 Å². The molecule has 1 amide bonds. The summed E-state index contributed by atoms with van der Waals surface area (Å²) < 4.78 is 4.33. The van der Waals surface area contributed by atoms with Crippen molar-refractivity contribution in [3.8, 4) is 11.1 Å². The highest BCUT2D eigenvalue weighted by atomic mass is 16.6. The Kier molecular flexibility index (Phi) is 5.21. The first-order valence-electron chi connectivity index (χ1n) is 12.9. The van der Waals surface area contributed by atoms with Crippen molar-refractivity contribution in [1.82, 2.24) is 19.7 Å². The maximum absolute atomic E-state index is 13.2. The average molecular weight is 484 g/mol. The first-order valence-corrected chi connectivity index (χ1v) is 12.9. The van der Waals surface area contributed by atoms with Crippen molar-refractivity contribution in [2.24, 2.45) is 18.1 Å². The molecule has 0 atom stereocenters. The fourth-order valence-corrected chi connectivity index (χ4v) is 5.96. The predicted octanol–water partition coefficient (Wildman–Crippen LogP) is 5.51. The number of aryl methyl sites for hydroxylation is 3. The molecular formula is C29H33N5O2. The fraction of sp³-hybridized carbons (Fsp3) is 0.414. The largest absolute Gasteiger partial charge is 0.395 e. The van der Waals surface area contributed by atoms with E-state index in [0.29, 0.717) is 19.1 Å². The number of fused-ring (bicyclic) bond motifs is 10. The van der Waals surface area contributed by atoms with Crippen molar-refractivity contribution in [2.75, 3.05) is 6.61 Å². The number of hydrogen-bond donors (Lipinski definition) is 1. The summed E-state index contributed by atoms with van der Waals surface area (Å²) in [5, 5.41) is 14.6. The predicted molar refractivity (Wildman–Crippen MR) is 144 cm³/mol. The van der Waals surface area contributed by atoms with Crippen LogP contribution in [-0.2, 0) is 31.3 Å². The van der Waals surface area contributed by atoms with E-state index in [0.717, 1.165) is 52.1 Å². The van der Waals surface area contributed by atoms with E-state index in [4.69, 9.17) is 9.94 Å². The Morgan fingerprint density at radius 1 is 1.17 bits per heavy atom. The van der Waals surface area contributed by atoms with Gasteiger partial charge in [0.2, 0.25) is 0 Å². The normalized spacial score (nSPS) is 15.1. The Hall–Kier alpha value is -3.61. The summed E-state index contributed by atoms with van der Waals surface area (Å²) in [7, 11) is 1.96. The van der Waals surface area contributed by atoms with Gasteiger partial charge in [0.05, 0.1) is 22.5 Å². The maximum Gasteiger partial charge on any atom is 0.252 e. The average Bonchev–Trinajstić information content (AvgIpc) is 3.50. The summed E-state index contributed by atoms with van der Waals surface area (Å²) in [5.74, 6) is 0.438. The molecule has 4 aromatic rings. The van der Waals surface area contributed by atoms with Crippen molar-refractivity contribution in [1.29, 1.82) is 0 Å². The van der Waals surface area contributed by atoms with Crippen molar-refractivity contribution in [3.63, 3.8) is 0 Å². The van der Waals surface area contributed by atoms with Gasteiger partial charge in [-0.25, -0.2) is 0 Å². The number of amides is 1. The van der Waals surface area contributed by atoms with Gasteiger partial charge in [0, 0.05) is 53.2 Å². The first-order chi connectivity index (χ1) is 17.3. The van der Waals surface area contributed by atoms with Gasteiger partial charge in [0.1, 0.15) is 6.61 Å². The van der Waals surface area contributed by atoms with Gasteiger partial charge in [-0.15, -0.1) is 0 Å². The van der Waals surface area contributed by atoms with Crippen LogP contribution in [0.1, 0.15) is 73.4 Å². The van der Waals surface area contributed by atoms with Gasteiger partial charge in [-0.05, 0) is 68.4 Å². The van der Waals surface area contributed by atoms with Crippen molar-refractivity contribution in [2.45, 2.75) is 60.0 Å². The van der Waals surface area contributed by atoms with Crippen LogP contribution < -0.4 is 5.32 Å². The molecule has 6 rings (SSSR count). The molecule has 186 valence electrons. The number of benzene rings is 2. The Balaban J connectivity index is 1.68. The number of rotatable bonds is 5. The second-order valence-electron chi connectivity index (χ2n) is 10.8. The Bertz CT molecular complexity index is 1580. The number of carbonyl (C=O) groups excluding carboxylic acids is 1. The molecule has 0 unspecified atom stereocenters. The zero-order valence-corrected chi connectivity index (χ0v) is 21.9. The molecule has 7 nitrogen and oxygen atoms in total. The minimum atomic E-state index is 0.0151. The van der Waals surface area contributed by atoms with Crippen LogP contribution in [0.25, 0.3) is 32.9 Å². The number of hydrogen-bond acceptors (Lipinski definition) is 4. The lowest BCUT2D eigenvalue weighted by atomic mass is 9.82. The Morgan fingerprint density at radius 3 is 2.72 bits per heavy atom. The van der Waals surface area contributed by atoms with Gasteiger partial charge in [0.15, 0.2) is 0 Å². The minimum Gasteiger partial charge on any atom is -0.395 e.